The minimum Gasteiger partial charge on any atom is -0.496 e. The van der Waals surface area contributed by atoms with E-state index in [0.717, 1.165) is 6.07 Å². The van der Waals surface area contributed by atoms with Crippen molar-refractivity contribution >= 4 is 23.2 Å². The second-order valence-electron chi connectivity index (χ2n) is 4.72. The molecule has 2 rings (SSSR count). The number of aliphatic hydroxyl groups excluding tert-OH is 1. The maximum absolute atomic E-state index is 13.4. The highest BCUT2D eigenvalue weighted by Gasteiger charge is 2.14. The fourth-order valence-corrected chi connectivity index (χ4v) is 2.25. The van der Waals surface area contributed by atoms with Crippen LogP contribution in [-0.2, 0) is 6.61 Å². The van der Waals surface area contributed by atoms with Gasteiger partial charge in [0.1, 0.15) is 11.6 Å². The number of carbonyl (C=O) groups excluding carboxylic acids is 1. The van der Waals surface area contributed by atoms with Crippen molar-refractivity contribution in [2.45, 2.75) is 13.5 Å². The number of aliphatic hydroxyl groups is 1. The van der Waals surface area contributed by atoms with Gasteiger partial charge in [-0.1, -0.05) is 11.6 Å². The van der Waals surface area contributed by atoms with Crippen LogP contribution in [0.1, 0.15) is 21.5 Å². The molecule has 2 aromatic carbocycles. The Balaban J connectivity index is 2.27. The lowest BCUT2D eigenvalue weighted by molar-refractivity contribution is 0.102. The number of nitrogens with one attached hydrogen (secondary N) is 1. The number of halogens is 2. The molecule has 0 aliphatic heterocycles. The van der Waals surface area contributed by atoms with Crippen LogP contribution in [0.4, 0.5) is 10.1 Å². The number of amides is 1. The van der Waals surface area contributed by atoms with Crippen LogP contribution in [0.5, 0.6) is 5.75 Å². The molecule has 2 N–H and O–H groups in total. The number of hydrogen-bond donors (Lipinski definition) is 2. The molecule has 4 nitrogen and oxygen atoms in total. The molecular weight excluding hydrogens is 309 g/mol. The highest BCUT2D eigenvalue weighted by molar-refractivity contribution is 6.34. The number of rotatable bonds is 4. The molecule has 22 heavy (non-hydrogen) atoms. The summed E-state index contributed by atoms with van der Waals surface area (Å²) >= 11 is 5.91. The topological polar surface area (TPSA) is 58.6 Å². The standard InChI is InChI=1S/C16H15ClFNO3/c1-9-5-12(13(17)7-14(9)18)16(21)19-11-3-4-15(22-2)10(6-11)8-20/h3-7,20H,8H2,1-2H3,(H,19,21). The summed E-state index contributed by atoms with van der Waals surface area (Å²) in [6.07, 6.45) is 0. The van der Waals surface area contributed by atoms with E-state index in [-0.39, 0.29) is 17.2 Å². The summed E-state index contributed by atoms with van der Waals surface area (Å²) in [5, 5.41) is 12.0. The third-order valence-corrected chi connectivity index (χ3v) is 3.51. The SMILES string of the molecule is COc1ccc(NC(=O)c2cc(C)c(F)cc2Cl)cc1CO. The average molecular weight is 324 g/mol. The van der Waals surface area contributed by atoms with E-state index in [0.29, 0.717) is 22.6 Å². The Hall–Kier alpha value is -2.11. The van der Waals surface area contributed by atoms with E-state index in [2.05, 4.69) is 5.32 Å². The first-order valence-corrected chi connectivity index (χ1v) is 6.88. The van der Waals surface area contributed by atoms with Gasteiger partial charge < -0.3 is 15.2 Å². The lowest BCUT2D eigenvalue weighted by atomic mass is 10.1. The van der Waals surface area contributed by atoms with Crippen LogP contribution < -0.4 is 10.1 Å². The highest BCUT2D eigenvalue weighted by Crippen LogP contribution is 2.25. The van der Waals surface area contributed by atoms with Gasteiger partial charge in [-0.2, -0.15) is 0 Å². The van der Waals surface area contributed by atoms with Gasteiger partial charge in [0.25, 0.3) is 5.91 Å². The Morgan fingerprint density at radius 3 is 2.73 bits per heavy atom. The van der Waals surface area contributed by atoms with E-state index in [1.807, 2.05) is 0 Å². The molecule has 0 aromatic heterocycles. The van der Waals surface area contributed by atoms with E-state index in [1.165, 1.54) is 13.2 Å². The molecule has 0 bridgehead atoms. The molecule has 0 fully saturated rings. The summed E-state index contributed by atoms with van der Waals surface area (Å²) < 4.78 is 18.5. The first-order chi connectivity index (χ1) is 10.5. The largest absolute Gasteiger partial charge is 0.496 e. The van der Waals surface area contributed by atoms with Gasteiger partial charge in [0.05, 0.1) is 24.3 Å². The van der Waals surface area contributed by atoms with Crippen molar-refractivity contribution < 1.29 is 19.0 Å². The number of hydrogen-bond acceptors (Lipinski definition) is 3. The third kappa shape index (κ3) is 3.37. The van der Waals surface area contributed by atoms with Gasteiger partial charge in [0, 0.05) is 11.3 Å². The van der Waals surface area contributed by atoms with E-state index >= 15 is 0 Å². The fourth-order valence-electron chi connectivity index (χ4n) is 2.01. The Labute approximate surface area is 132 Å². The monoisotopic (exact) mass is 323 g/mol. The predicted octanol–water partition coefficient (Wildman–Crippen LogP) is 3.54. The Bertz CT molecular complexity index is 719. The zero-order valence-electron chi connectivity index (χ0n) is 12.1. The normalized spacial score (nSPS) is 10.4. The van der Waals surface area contributed by atoms with Crippen LogP contribution in [0.2, 0.25) is 5.02 Å². The van der Waals surface area contributed by atoms with Gasteiger partial charge in [-0.3, -0.25) is 4.79 Å². The zero-order chi connectivity index (χ0) is 16.3. The van der Waals surface area contributed by atoms with Gasteiger partial charge >= 0.3 is 0 Å². The van der Waals surface area contributed by atoms with Gasteiger partial charge in [-0.15, -0.1) is 0 Å². The molecule has 2 aromatic rings. The summed E-state index contributed by atoms with van der Waals surface area (Å²) in [5.74, 6) is -0.396. The quantitative estimate of drug-likeness (QED) is 0.904. The molecule has 6 heteroatoms. The summed E-state index contributed by atoms with van der Waals surface area (Å²) in [7, 11) is 1.49. The summed E-state index contributed by atoms with van der Waals surface area (Å²) in [6, 6.07) is 7.38. The van der Waals surface area contributed by atoms with Crippen LogP contribution in [0, 0.1) is 12.7 Å². The van der Waals surface area contributed by atoms with Gasteiger partial charge in [-0.25, -0.2) is 4.39 Å². The van der Waals surface area contributed by atoms with Crippen LogP contribution >= 0.6 is 11.6 Å². The van der Waals surface area contributed by atoms with Crippen LogP contribution in [0.15, 0.2) is 30.3 Å². The molecule has 0 saturated heterocycles. The van der Waals surface area contributed by atoms with E-state index in [1.54, 1.807) is 25.1 Å². The first kappa shape index (κ1) is 16.3. The fraction of sp³-hybridized carbons (Fsp3) is 0.188. The lowest BCUT2D eigenvalue weighted by Crippen LogP contribution is -2.13. The molecule has 0 saturated carbocycles. The Morgan fingerprint density at radius 1 is 1.36 bits per heavy atom. The molecule has 0 aliphatic rings. The Kier molecular flexibility index (Phi) is 5.00. The smallest absolute Gasteiger partial charge is 0.257 e. The van der Waals surface area contributed by atoms with Gasteiger partial charge in [0.15, 0.2) is 0 Å². The number of ether oxygens (including phenoxy) is 1. The van der Waals surface area contributed by atoms with Crippen LogP contribution in [0.25, 0.3) is 0 Å². The molecule has 0 radical (unpaired) electrons. The summed E-state index contributed by atoms with van der Waals surface area (Å²) in [6.45, 7) is 1.34. The second kappa shape index (κ2) is 6.77. The highest BCUT2D eigenvalue weighted by atomic mass is 35.5. The lowest BCUT2D eigenvalue weighted by Gasteiger charge is -2.11. The average Bonchev–Trinajstić information content (AvgIpc) is 2.50. The number of aryl methyl sites for hydroxylation is 1. The summed E-state index contributed by atoms with van der Waals surface area (Å²) in [5.41, 5.74) is 1.54. The molecule has 0 spiro atoms. The van der Waals surface area contributed by atoms with Gasteiger partial charge in [-0.05, 0) is 42.8 Å². The predicted molar refractivity (Wildman–Crippen MR) is 83.0 cm³/mol. The summed E-state index contributed by atoms with van der Waals surface area (Å²) in [4.78, 5) is 12.2. The molecule has 0 atom stereocenters. The van der Waals surface area contributed by atoms with Crippen molar-refractivity contribution in [3.63, 3.8) is 0 Å². The Morgan fingerprint density at radius 2 is 2.09 bits per heavy atom. The van der Waals surface area contributed by atoms with Crippen molar-refractivity contribution in [2.75, 3.05) is 12.4 Å². The molecule has 0 heterocycles. The van der Waals surface area contributed by atoms with Gasteiger partial charge in [0.2, 0.25) is 0 Å². The number of methoxy groups -OCH3 is 1. The minimum atomic E-state index is -0.464. The number of carbonyl (C=O) groups is 1. The number of benzene rings is 2. The molecule has 0 aliphatic carbocycles. The van der Waals surface area contributed by atoms with Crippen molar-refractivity contribution in [2.24, 2.45) is 0 Å². The van der Waals surface area contributed by atoms with E-state index in [9.17, 15) is 14.3 Å². The maximum Gasteiger partial charge on any atom is 0.257 e. The molecule has 116 valence electrons. The first-order valence-electron chi connectivity index (χ1n) is 6.51. The van der Waals surface area contributed by atoms with Crippen molar-refractivity contribution in [1.82, 2.24) is 0 Å². The van der Waals surface area contributed by atoms with Crippen molar-refractivity contribution in [1.29, 1.82) is 0 Å². The van der Waals surface area contributed by atoms with Crippen LogP contribution in [0.3, 0.4) is 0 Å². The molecule has 0 unspecified atom stereocenters. The minimum absolute atomic E-state index is 0.0384. The second-order valence-corrected chi connectivity index (χ2v) is 5.13. The van der Waals surface area contributed by atoms with Crippen LogP contribution in [-0.4, -0.2) is 18.1 Å². The van der Waals surface area contributed by atoms with Crippen molar-refractivity contribution in [3.05, 3.63) is 57.9 Å². The number of anilines is 1. The maximum atomic E-state index is 13.4. The van der Waals surface area contributed by atoms with E-state index in [4.69, 9.17) is 16.3 Å². The molecular formula is C16H15ClFNO3. The van der Waals surface area contributed by atoms with E-state index < -0.39 is 11.7 Å². The van der Waals surface area contributed by atoms with Crippen molar-refractivity contribution in [3.8, 4) is 5.75 Å². The third-order valence-electron chi connectivity index (χ3n) is 3.20. The zero-order valence-corrected chi connectivity index (χ0v) is 12.9. The molecule has 1 amide bonds.